The van der Waals surface area contributed by atoms with Crippen LogP contribution in [0.2, 0.25) is 0 Å². The normalized spacial score (nSPS) is 20.9. The predicted octanol–water partition coefficient (Wildman–Crippen LogP) is 2.68. The number of amides is 1. The molecule has 0 radical (unpaired) electrons. The zero-order valence-corrected chi connectivity index (χ0v) is 14.4. The summed E-state index contributed by atoms with van der Waals surface area (Å²) in [5.41, 5.74) is 0.819. The van der Waals surface area contributed by atoms with Gasteiger partial charge in [-0.05, 0) is 23.4 Å². The van der Waals surface area contributed by atoms with Crippen LogP contribution in [0.5, 0.6) is 0 Å². The predicted molar refractivity (Wildman–Crippen MR) is 92.2 cm³/mol. The SMILES string of the molecule is O=C(Cc1cccs1)N1CCC(c2ccccc2)S(=O)(=O)CC1. The summed E-state index contributed by atoms with van der Waals surface area (Å²) in [5.74, 6) is 0.0410. The van der Waals surface area contributed by atoms with Crippen LogP contribution in [0.15, 0.2) is 47.8 Å². The highest BCUT2D eigenvalue weighted by Gasteiger charge is 2.32. The lowest BCUT2D eigenvalue weighted by Crippen LogP contribution is -2.34. The number of sulfone groups is 1. The fourth-order valence-electron chi connectivity index (χ4n) is 2.91. The highest BCUT2D eigenvalue weighted by Crippen LogP contribution is 2.29. The molecule has 1 aliphatic heterocycles. The summed E-state index contributed by atoms with van der Waals surface area (Å²) < 4.78 is 25.1. The third kappa shape index (κ3) is 3.82. The maximum absolute atomic E-state index is 12.6. The van der Waals surface area contributed by atoms with Crippen molar-refractivity contribution in [2.24, 2.45) is 0 Å². The lowest BCUT2D eigenvalue weighted by atomic mass is 10.1. The summed E-state index contributed by atoms with van der Waals surface area (Å²) in [6.45, 7) is 0.777. The first-order valence-corrected chi connectivity index (χ1v) is 10.2. The van der Waals surface area contributed by atoms with Gasteiger partial charge in [0.15, 0.2) is 9.84 Å². The van der Waals surface area contributed by atoms with Crippen LogP contribution in [0.4, 0.5) is 0 Å². The number of carbonyl (C=O) groups is 1. The Balaban J connectivity index is 1.73. The Kier molecular flexibility index (Phi) is 4.82. The van der Waals surface area contributed by atoms with Crippen LogP contribution in [0, 0.1) is 0 Å². The quantitative estimate of drug-likeness (QED) is 0.856. The van der Waals surface area contributed by atoms with E-state index in [4.69, 9.17) is 0 Å². The first-order valence-electron chi connectivity index (χ1n) is 7.63. The molecule has 1 amide bonds. The maximum Gasteiger partial charge on any atom is 0.227 e. The van der Waals surface area contributed by atoms with Crippen LogP contribution in [0.25, 0.3) is 0 Å². The molecule has 1 aromatic heterocycles. The van der Waals surface area contributed by atoms with E-state index in [2.05, 4.69) is 0 Å². The number of rotatable bonds is 3. The molecule has 23 heavy (non-hydrogen) atoms. The molecule has 0 saturated carbocycles. The molecule has 0 N–H and O–H groups in total. The summed E-state index contributed by atoms with van der Waals surface area (Å²) in [7, 11) is -3.23. The minimum absolute atomic E-state index is 0.0105. The van der Waals surface area contributed by atoms with Crippen LogP contribution in [0.1, 0.15) is 22.1 Å². The third-order valence-corrected chi connectivity index (χ3v) is 7.17. The minimum Gasteiger partial charge on any atom is -0.341 e. The first-order chi connectivity index (χ1) is 11.1. The molecule has 2 aromatic rings. The Hall–Kier alpha value is -1.66. The monoisotopic (exact) mass is 349 g/mol. The van der Waals surface area contributed by atoms with Gasteiger partial charge in [0.1, 0.15) is 0 Å². The van der Waals surface area contributed by atoms with Gasteiger partial charge >= 0.3 is 0 Å². The van der Waals surface area contributed by atoms with Crippen LogP contribution in [-0.2, 0) is 21.1 Å². The number of benzene rings is 1. The number of carbonyl (C=O) groups excluding carboxylic acids is 1. The van der Waals surface area contributed by atoms with E-state index in [9.17, 15) is 13.2 Å². The minimum atomic E-state index is -3.23. The molecule has 3 rings (SSSR count). The molecule has 1 aliphatic rings. The molecule has 6 heteroatoms. The van der Waals surface area contributed by atoms with Gasteiger partial charge in [0.25, 0.3) is 0 Å². The number of hydrogen-bond acceptors (Lipinski definition) is 4. The fraction of sp³-hybridized carbons (Fsp3) is 0.353. The number of thiophene rings is 1. The molecule has 2 heterocycles. The molecule has 1 aromatic carbocycles. The summed E-state index contributed by atoms with van der Waals surface area (Å²) in [6, 6.07) is 13.2. The Labute approximate surface area is 140 Å². The number of nitrogens with zero attached hydrogens (tertiary/aromatic N) is 1. The van der Waals surface area contributed by atoms with Crippen LogP contribution in [-0.4, -0.2) is 38.1 Å². The van der Waals surface area contributed by atoms with E-state index in [0.29, 0.717) is 19.4 Å². The van der Waals surface area contributed by atoms with Crippen molar-refractivity contribution in [1.82, 2.24) is 4.90 Å². The van der Waals surface area contributed by atoms with Gasteiger partial charge in [-0.15, -0.1) is 11.3 Å². The van der Waals surface area contributed by atoms with Crippen molar-refractivity contribution in [2.75, 3.05) is 18.8 Å². The van der Waals surface area contributed by atoms with E-state index in [1.54, 1.807) is 16.2 Å². The number of hydrogen-bond donors (Lipinski definition) is 0. The van der Waals surface area contributed by atoms with Crippen molar-refractivity contribution >= 4 is 27.1 Å². The Morgan fingerprint density at radius 1 is 1.13 bits per heavy atom. The van der Waals surface area contributed by atoms with Crippen molar-refractivity contribution in [3.8, 4) is 0 Å². The zero-order chi connectivity index (χ0) is 16.3. The van der Waals surface area contributed by atoms with Gasteiger partial charge in [0, 0.05) is 18.0 Å². The highest BCUT2D eigenvalue weighted by molar-refractivity contribution is 7.91. The standard InChI is InChI=1S/C17H19NO3S2/c19-17(13-15-7-4-11-22-15)18-9-8-16(23(20,21)12-10-18)14-5-2-1-3-6-14/h1-7,11,16H,8-10,12-13H2. The van der Waals surface area contributed by atoms with Crippen LogP contribution in [0.3, 0.4) is 0 Å². The van der Waals surface area contributed by atoms with E-state index in [-0.39, 0.29) is 18.2 Å². The van der Waals surface area contributed by atoms with E-state index in [1.807, 2.05) is 47.8 Å². The van der Waals surface area contributed by atoms with Gasteiger partial charge in [0.2, 0.25) is 5.91 Å². The van der Waals surface area contributed by atoms with Crippen molar-refractivity contribution in [3.63, 3.8) is 0 Å². The van der Waals surface area contributed by atoms with Crippen molar-refractivity contribution in [1.29, 1.82) is 0 Å². The summed E-state index contributed by atoms with van der Waals surface area (Å²) in [6.07, 6.45) is 0.816. The van der Waals surface area contributed by atoms with Crippen molar-refractivity contribution in [2.45, 2.75) is 18.1 Å². The smallest absolute Gasteiger partial charge is 0.227 e. The summed E-state index contributed by atoms with van der Waals surface area (Å²) in [5, 5.41) is 1.43. The average molecular weight is 349 g/mol. The Morgan fingerprint density at radius 3 is 2.61 bits per heavy atom. The Morgan fingerprint density at radius 2 is 1.91 bits per heavy atom. The summed E-state index contributed by atoms with van der Waals surface area (Å²) in [4.78, 5) is 15.1. The molecule has 1 fully saturated rings. The second-order valence-electron chi connectivity index (χ2n) is 5.69. The van der Waals surface area contributed by atoms with Gasteiger partial charge in [-0.25, -0.2) is 8.42 Å². The van der Waals surface area contributed by atoms with Gasteiger partial charge in [0.05, 0.1) is 17.4 Å². The van der Waals surface area contributed by atoms with Gasteiger partial charge in [-0.3, -0.25) is 4.79 Å². The molecule has 0 bridgehead atoms. The Bertz CT molecular complexity index is 754. The third-order valence-electron chi connectivity index (χ3n) is 4.17. The van der Waals surface area contributed by atoms with Crippen LogP contribution >= 0.6 is 11.3 Å². The zero-order valence-electron chi connectivity index (χ0n) is 12.7. The molecule has 0 spiro atoms. The van der Waals surface area contributed by atoms with E-state index in [1.165, 1.54) is 0 Å². The lowest BCUT2D eigenvalue weighted by Gasteiger charge is -2.19. The topological polar surface area (TPSA) is 54.5 Å². The van der Waals surface area contributed by atoms with Crippen LogP contribution < -0.4 is 0 Å². The molecular weight excluding hydrogens is 330 g/mol. The van der Waals surface area contributed by atoms with E-state index >= 15 is 0 Å². The molecule has 1 saturated heterocycles. The van der Waals surface area contributed by atoms with Crippen molar-refractivity contribution < 1.29 is 13.2 Å². The van der Waals surface area contributed by atoms with Gasteiger partial charge in [-0.2, -0.15) is 0 Å². The van der Waals surface area contributed by atoms with E-state index in [0.717, 1.165) is 10.4 Å². The molecule has 1 atom stereocenters. The lowest BCUT2D eigenvalue weighted by molar-refractivity contribution is -0.130. The van der Waals surface area contributed by atoms with E-state index < -0.39 is 15.1 Å². The second-order valence-corrected chi connectivity index (χ2v) is 9.03. The fourth-order valence-corrected chi connectivity index (χ4v) is 5.40. The molecule has 1 unspecified atom stereocenters. The van der Waals surface area contributed by atoms with Gasteiger partial charge in [-0.1, -0.05) is 36.4 Å². The average Bonchev–Trinajstić information content (AvgIpc) is 2.98. The van der Waals surface area contributed by atoms with Gasteiger partial charge < -0.3 is 4.90 Å². The largest absolute Gasteiger partial charge is 0.341 e. The van der Waals surface area contributed by atoms with Crippen molar-refractivity contribution in [3.05, 3.63) is 58.3 Å². The molecule has 0 aliphatic carbocycles. The second kappa shape index (κ2) is 6.84. The highest BCUT2D eigenvalue weighted by atomic mass is 32.2. The molecule has 4 nitrogen and oxygen atoms in total. The molecular formula is C17H19NO3S2. The first kappa shape index (κ1) is 16.2. The molecule has 122 valence electrons. The summed E-state index contributed by atoms with van der Waals surface area (Å²) >= 11 is 1.55. The maximum atomic E-state index is 12.6.